The van der Waals surface area contributed by atoms with Crippen LogP contribution in [0.2, 0.25) is 0 Å². The normalized spacial score (nSPS) is 15.6. The first-order valence-electron chi connectivity index (χ1n) is 14.1. The van der Waals surface area contributed by atoms with Crippen molar-refractivity contribution in [1.29, 1.82) is 0 Å². The highest BCUT2D eigenvalue weighted by Crippen LogP contribution is 2.31. The van der Waals surface area contributed by atoms with Crippen molar-refractivity contribution in [2.75, 3.05) is 23.5 Å². The third-order valence-electron chi connectivity index (χ3n) is 7.53. The zero-order valence-electron chi connectivity index (χ0n) is 23.4. The molecule has 0 aromatic heterocycles. The van der Waals surface area contributed by atoms with Crippen molar-refractivity contribution in [1.82, 2.24) is 10.6 Å². The molecule has 1 aliphatic rings. The molecule has 214 valence electrons. The van der Waals surface area contributed by atoms with Crippen LogP contribution in [0.4, 0.5) is 4.39 Å². The number of carboxylic acid groups (broad SMARTS) is 1. The van der Waals surface area contributed by atoms with Crippen LogP contribution >= 0.6 is 23.5 Å². The van der Waals surface area contributed by atoms with Gasteiger partial charge in [0.05, 0.1) is 5.56 Å². The summed E-state index contributed by atoms with van der Waals surface area (Å²) in [7, 11) is 0. The molecule has 0 bridgehead atoms. The Labute approximate surface area is 241 Å². The summed E-state index contributed by atoms with van der Waals surface area (Å²) in [5, 5.41) is 15.9. The molecule has 8 heteroatoms. The van der Waals surface area contributed by atoms with Crippen molar-refractivity contribution in [2.45, 2.75) is 77.4 Å². The maximum absolute atomic E-state index is 15.5. The predicted molar refractivity (Wildman–Crippen MR) is 163 cm³/mol. The van der Waals surface area contributed by atoms with Crippen LogP contribution in [0.3, 0.4) is 0 Å². The van der Waals surface area contributed by atoms with E-state index in [9.17, 15) is 14.7 Å². The minimum Gasteiger partial charge on any atom is -0.480 e. The smallest absolute Gasteiger partial charge is 0.326 e. The van der Waals surface area contributed by atoms with Crippen molar-refractivity contribution in [3.63, 3.8) is 0 Å². The molecule has 0 aliphatic heterocycles. The molecule has 1 fully saturated rings. The molecule has 2 aromatic carbocycles. The number of rotatable bonds is 15. The second-order valence-corrected chi connectivity index (χ2v) is 12.7. The minimum atomic E-state index is -1.09. The standard InChI is InChI=1S/C31H43FN2O3S2/c1-4-39-20-24(16-22-11-6-5-7-12-22)33-19-23-17-26(25-13-9-8-10-21(25)2)27(18-28(23)32)30(35)34-29(31(36)37)14-15-38-3/h8-10,13,17-18,22,24,29,33H,4-7,11-12,14-16,19-20H2,1-3H3,(H,34,35)(H,36,37)/t24?,29-/m0/s1. The van der Waals surface area contributed by atoms with Gasteiger partial charge in [0, 0.05) is 23.9 Å². The second kappa shape index (κ2) is 16.3. The first-order chi connectivity index (χ1) is 18.8. The van der Waals surface area contributed by atoms with Crippen LogP contribution in [0.1, 0.15) is 73.4 Å². The van der Waals surface area contributed by atoms with Gasteiger partial charge < -0.3 is 15.7 Å². The first kappa shape index (κ1) is 31.5. The number of nitrogens with one attached hydrogen (secondary N) is 2. The summed E-state index contributed by atoms with van der Waals surface area (Å²) in [5.74, 6) is 1.24. The molecular formula is C31H43FN2O3S2. The Morgan fingerprint density at radius 1 is 1.13 bits per heavy atom. The number of benzene rings is 2. The van der Waals surface area contributed by atoms with E-state index >= 15 is 4.39 Å². The Balaban J connectivity index is 1.88. The van der Waals surface area contributed by atoms with Gasteiger partial charge in [-0.05, 0) is 72.3 Å². The average molecular weight is 575 g/mol. The van der Waals surface area contributed by atoms with E-state index in [1.54, 1.807) is 6.07 Å². The number of carbonyl (C=O) groups is 2. The Hall–Kier alpha value is -2.03. The fourth-order valence-electron chi connectivity index (χ4n) is 5.32. The number of carboxylic acids is 1. The number of thioether (sulfide) groups is 2. The van der Waals surface area contributed by atoms with Gasteiger partial charge in [0.2, 0.25) is 0 Å². The lowest BCUT2D eigenvalue weighted by Crippen LogP contribution is -2.41. The number of aliphatic carboxylic acids is 1. The van der Waals surface area contributed by atoms with Gasteiger partial charge in [-0.15, -0.1) is 0 Å². The lowest BCUT2D eigenvalue weighted by molar-refractivity contribution is -0.139. The highest BCUT2D eigenvalue weighted by molar-refractivity contribution is 7.99. The van der Waals surface area contributed by atoms with E-state index < -0.39 is 23.7 Å². The molecule has 0 radical (unpaired) electrons. The number of carbonyl (C=O) groups excluding carboxylic acids is 1. The zero-order valence-corrected chi connectivity index (χ0v) is 25.1. The Kier molecular flexibility index (Phi) is 13.2. The third kappa shape index (κ3) is 9.54. The van der Waals surface area contributed by atoms with Crippen molar-refractivity contribution in [2.24, 2.45) is 5.92 Å². The van der Waals surface area contributed by atoms with E-state index in [0.717, 1.165) is 35.0 Å². The van der Waals surface area contributed by atoms with Gasteiger partial charge in [0.15, 0.2) is 0 Å². The van der Waals surface area contributed by atoms with Crippen LogP contribution in [0.5, 0.6) is 0 Å². The lowest BCUT2D eigenvalue weighted by atomic mass is 9.85. The van der Waals surface area contributed by atoms with E-state index in [2.05, 4.69) is 17.6 Å². The summed E-state index contributed by atoms with van der Waals surface area (Å²) in [5.41, 5.74) is 3.08. The van der Waals surface area contributed by atoms with Gasteiger partial charge in [-0.3, -0.25) is 4.79 Å². The van der Waals surface area contributed by atoms with Gasteiger partial charge in [-0.25, -0.2) is 9.18 Å². The molecule has 0 heterocycles. The van der Waals surface area contributed by atoms with Crippen LogP contribution in [-0.2, 0) is 11.3 Å². The largest absolute Gasteiger partial charge is 0.480 e. The third-order valence-corrected chi connectivity index (χ3v) is 9.22. The van der Waals surface area contributed by atoms with Crippen LogP contribution in [0, 0.1) is 18.7 Å². The highest BCUT2D eigenvalue weighted by atomic mass is 32.2. The lowest BCUT2D eigenvalue weighted by Gasteiger charge is -2.27. The quantitative estimate of drug-likeness (QED) is 0.214. The van der Waals surface area contributed by atoms with Gasteiger partial charge in [-0.1, -0.05) is 63.3 Å². The fourth-order valence-corrected chi connectivity index (χ4v) is 6.56. The summed E-state index contributed by atoms with van der Waals surface area (Å²) in [6, 6.07) is 10.0. The molecule has 1 amide bonds. The zero-order chi connectivity index (χ0) is 28.2. The number of halogens is 1. The number of hydrogen-bond donors (Lipinski definition) is 3. The summed E-state index contributed by atoms with van der Waals surface area (Å²) in [6.07, 6.45) is 9.77. The summed E-state index contributed by atoms with van der Waals surface area (Å²) in [6.45, 7) is 4.50. The fraction of sp³-hybridized carbons (Fsp3) is 0.548. The van der Waals surface area contributed by atoms with Gasteiger partial charge in [0.25, 0.3) is 5.91 Å². The Morgan fingerprint density at radius 3 is 2.54 bits per heavy atom. The Bertz CT molecular complexity index is 1090. The number of amides is 1. The van der Waals surface area contributed by atoms with E-state index in [1.807, 2.05) is 49.2 Å². The molecule has 1 saturated carbocycles. The van der Waals surface area contributed by atoms with Crippen LogP contribution < -0.4 is 10.6 Å². The predicted octanol–water partition coefficient (Wildman–Crippen LogP) is 6.92. The maximum Gasteiger partial charge on any atom is 0.326 e. The molecule has 3 rings (SSSR count). The molecule has 1 aliphatic carbocycles. The van der Waals surface area contributed by atoms with Crippen molar-refractivity contribution >= 4 is 35.4 Å². The Morgan fingerprint density at radius 2 is 1.87 bits per heavy atom. The molecule has 39 heavy (non-hydrogen) atoms. The van der Waals surface area contributed by atoms with E-state index in [1.165, 1.54) is 49.9 Å². The number of hydrogen-bond acceptors (Lipinski definition) is 5. The molecule has 0 saturated heterocycles. The number of aryl methyl sites for hydroxylation is 1. The second-order valence-electron chi connectivity index (χ2n) is 10.4. The monoisotopic (exact) mass is 574 g/mol. The summed E-state index contributed by atoms with van der Waals surface area (Å²) >= 11 is 3.42. The van der Waals surface area contributed by atoms with Crippen molar-refractivity contribution in [3.05, 3.63) is 58.9 Å². The summed E-state index contributed by atoms with van der Waals surface area (Å²) in [4.78, 5) is 25.1. The van der Waals surface area contributed by atoms with Crippen LogP contribution in [-0.4, -0.2) is 52.6 Å². The molecular weight excluding hydrogens is 531 g/mol. The topological polar surface area (TPSA) is 78.4 Å². The molecule has 2 atom stereocenters. The van der Waals surface area contributed by atoms with E-state index in [4.69, 9.17) is 0 Å². The summed E-state index contributed by atoms with van der Waals surface area (Å²) < 4.78 is 15.5. The molecule has 5 nitrogen and oxygen atoms in total. The minimum absolute atomic E-state index is 0.154. The van der Waals surface area contributed by atoms with Gasteiger partial charge >= 0.3 is 5.97 Å². The maximum atomic E-state index is 15.5. The molecule has 1 unspecified atom stereocenters. The SMILES string of the molecule is CCSCC(CC1CCCCC1)NCc1cc(-c2ccccc2C)c(C(=O)N[C@@H](CCSC)C(=O)O)cc1F. The van der Waals surface area contributed by atoms with Gasteiger partial charge in [-0.2, -0.15) is 23.5 Å². The van der Waals surface area contributed by atoms with Crippen molar-refractivity contribution in [3.8, 4) is 11.1 Å². The highest BCUT2D eigenvalue weighted by Gasteiger charge is 2.25. The molecule has 2 aromatic rings. The molecule has 0 spiro atoms. The first-order valence-corrected chi connectivity index (χ1v) is 16.6. The molecule has 3 N–H and O–H groups in total. The van der Waals surface area contributed by atoms with Gasteiger partial charge in [0.1, 0.15) is 11.9 Å². The average Bonchev–Trinajstić information content (AvgIpc) is 2.93. The van der Waals surface area contributed by atoms with Crippen LogP contribution in [0.25, 0.3) is 11.1 Å². The van der Waals surface area contributed by atoms with E-state index in [-0.39, 0.29) is 5.56 Å². The van der Waals surface area contributed by atoms with E-state index in [0.29, 0.717) is 35.9 Å². The van der Waals surface area contributed by atoms with Crippen molar-refractivity contribution < 1.29 is 19.1 Å². The van der Waals surface area contributed by atoms with Crippen LogP contribution in [0.15, 0.2) is 36.4 Å².